The minimum atomic E-state index is 0. The van der Waals surface area contributed by atoms with Crippen LogP contribution >= 0.6 is 24.0 Å². The Bertz CT molecular complexity index is 430. The third kappa shape index (κ3) is 11.4. The number of halogens is 1. The maximum atomic E-state index is 5.70. The summed E-state index contributed by atoms with van der Waals surface area (Å²) < 4.78 is 11.3. The van der Waals surface area contributed by atoms with Crippen molar-refractivity contribution in [3.05, 3.63) is 25.3 Å². The van der Waals surface area contributed by atoms with E-state index in [0.29, 0.717) is 24.7 Å². The van der Waals surface area contributed by atoms with Crippen LogP contribution in [0.5, 0.6) is 0 Å². The Morgan fingerprint density at radius 2 is 2.00 bits per heavy atom. The zero-order chi connectivity index (χ0) is 19.9. The number of rotatable bonds is 14. The number of hydrogen-bond donors (Lipinski definition) is 2. The van der Waals surface area contributed by atoms with Gasteiger partial charge in [-0.25, -0.2) is 0 Å². The van der Waals surface area contributed by atoms with E-state index in [1.807, 2.05) is 12.2 Å². The first-order chi connectivity index (χ1) is 13.1. The van der Waals surface area contributed by atoms with Crippen LogP contribution in [0.4, 0.5) is 0 Å². The third-order valence-corrected chi connectivity index (χ3v) is 4.75. The van der Waals surface area contributed by atoms with Gasteiger partial charge in [-0.2, -0.15) is 0 Å². The molecule has 0 spiro atoms. The first-order valence-corrected chi connectivity index (χ1v) is 10.2. The molecule has 1 heterocycles. The van der Waals surface area contributed by atoms with Crippen molar-refractivity contribution < 1.29 is 9.47 Å². The highest BCUT2D eigenvalue weighted by molar-refractivity contribution is 14.0. The maximum absolute atomic E-state index is 5.70. The van der Waals surface area contributed by atoms with Crippen LogP contribution in [0, 0.1) is 5.92 Å². The van der Waals surface area contributed by atoms with Gasteiger partial charge in [0.2, 0.25) is 0 Å². The molecule has 0 aromatic rings. The predicted octanol–water partition coefficient (Wildman–Crippen LogP) is 3.05. The summed E-state index contributed by atoms with van der Waals surface area (Å²) in [5.74, 6) is 1.35. The van der Waals surface area contributed by atoms with E-state index in [9.17, 15) is 0 Å². The Morgan fingerprint density at radius 1 is 1.29 bits per heavy atom. The molecule has 0 radical (unpaired) electrons. The van der Waals surface area contributed by atoms with Gasteiger partial charge in [-0.15, -0.1) is 37.1 Å². The van der Waals surface area contributed by atoms with Gasteiger partial charge >= 0.3 is 0 Å². The topological polar surface area (TPSA) is 58.1 Å². The van der Waals surface area contributed by atoms with Crippen molar-refractivity contribution in [1.29, 1.82) is 0 Å². The minimum Gasteiger partial charge on any atom is -0.379 e. The highest BCUT2D eigenvalue weighted by Crippen LogP contribution is 2.12. The number of nitrogens with zero attached hydrogens (tertiary/aromatic N) is 2. The van der Waals surface area contributed by atoms with Gasteiger partial charge in [0, 0.05) is 52.5 Å². The largest absolute Gasteiger partial charge is 0.379 e. The highest BCUT2D eigenvalue weighted by atomic mass is 127. The monoisotopic (exact) mass is 508 g/mol. The molecule has 0 aromatic heterocycles. The lowest BCUT2D eigenvalue weighted by Crippen LogP contribution is -2.49. The summed E-state index contributed by atoms with van der Waals surface area (Å²) in [5, 5.41) is 6.82. The molecule has 1 aliphatic rings. The van der Waals surface area contributed by atoms with E-state index in [1.54, 1.807) is 7.05 Å². The van der Waals surface area contributed by atoms with E-state index in [2.05, 4.69) is 47.5 Å². The molecule has 1 fully saturated rings. The second-order valence-corrected chi connectivity index (χ2v) is 7.29. The fourth-order valence-electron chi connectivity index (χ4n) is 3.26. The van der Waals surface area contributed by atoms with Crippen molar-refractivity contribution in [2.75, 3.05) is 53.0 Å². The molecule has 0 bridgehead atoms. The van der Waals surface area contributed by atoms with Crippen molar-refractivity contribution >= 4 is 29.9 Å². The second-order valence-electron chi connectivity index (χ2n) is 7.29. The zero-order valence-corrected chi connectivity index (χ0v) is 20.3. The molecule has 164 valence electrons. The molecule has 2 atom stereocenters. The Balaban J connectivity index is 0.00000729. The van der Waals surface area contributed by atoms with E-state index in [1.165, 1.54) is 0 Å². The van der Waals surface area contributed by atoms with E-state index in [0.717, 1.165) is 64.6 Å². The average molecular weight is 508 g/mol. The number of guanidine groups is 1. The Labute approximate surface area is 189 Å². The van der Waals surface area contributed by atoms with Crippen LogP contribution in [-0.2, 0) is 9.47 Å². The Morgan fingerprint density at radius 3 is 2.54 bits per heavy atom. The third-order valence-electron chi connectivity index (χ3n) is 4.75. The minimum absolute atomic E-state index is 0. The smallest absolute Gasteiger partial charge is 0.191 e. The molecule has 0 aliphatic carbocycles. The second kappa shape index (κ2) is 17.2. The molecule has 1 saturated heterocycles. The van der Waals surface area contributed by atoms with Crippen LogP contribution in [0.1, 0.15) is 33.1 Å². The predicted molar refractivity (Wildman–Crippen MR) is 130 cm³/mol. The van der Waals surface area contributed by atoms with Crippen LogP contribution in [0.2, 0.25) is 0 Å². The summed E-state index contributed by atoms with van der Waals surface area (Å²) in [7, 11) is 1.80. The molecule has 1 aliphatic heterocycles. The Hall–Kier alpha value is -0.640. The van der Waals surface area contributed by atoms with Crippen molar-refractivity contribution in [3.8, 4) is 0 Å². The van der Waals surface area contributed by atoms with Crippen LogP contribution in [0.25, 0.3) is 0 Å². The summed E-state index contributed by atoms with van der Waals surface area (Å²) in [6.07, 6.45) is 7.42. The van der Waals surface area contributed by atoms with Crippen LogP contribution in [0.15, 0.2) is 30.3 Å². The van der Waals surface area contributed by atoms with Gasteiger partial charge in [0.15, 0.2) is 5.96 Å². The summed E-state index contributed by atoms with van der Waals surface area (Å²) in [6, 6.07) is 0.384. The lowest BCUT2D eigenvalue weighted by Gasteiger charge is -2.33. The van der Waals surface area contributed by atoms with Gasteiger partial charge in [-0.3, -0.25) is 9.89 Å². The lowest BCUT2D eigenvalue weighted by molar-refractivity contribution is 0.0168. The number of ether oxygens (including phenoxy) is 2. The first-order valence-electron chi connectivity index (χ1n) is 10.2. The van der Waals surface area contributed by atoms with E-state index in [-0.39, 0.29) is 24.0 Å². The van der Waals surface area contributed by atoms with E-state index in [4.69, 9.17) is 9.47 Å². The van der Waals surface area contributed by atoms with Crippen molar-refractivity contribution in [1.82, 2.24) is 15.5 Å². The Kier molecular flexibility index (Phi) is 16.8. The molecular formula is C21H41IN4O2. The fraction of sp³-hybridized carbons (Fsp3) is 0.762. The SMILES string of the molecule is C=CCN(CC=C)C(CNC(=NC)NCCCOCC1CCCO1)C(C)C.I. The number of hydrogen-bond acceptors (Lipinski definition) is 4. The van der Waals surface area contributed by atoms with Crippen LogP contribution in [0.3, 0.4) is 0 Å². The zero-order valence-electron chi connectivity index (χ0n) is 18.0. The maximum Gasteiger partial charge on any atom is 0.191 e. The van der Waals surface area contributed by atoms with Gasteiger partial charge in [0.05, 0.1) is 12.7 Å². The average Bonchev–Trinajstić information content (AvgIpc) is 3.16. The summed E-state index contributed by atoms with van der Waals surface area (Å²) in [4.78, 5) is 6.71. The quantitative estimate of drug-likeness (QED) is 0.124. The normalized spacial score (nSPS) is 18.0. The summed E-state index contributed by atoms with van der Waals surface area (Å²) in [6.45, 7) is 17.9. The highest BCUT2D eigenvalue weighted by Gasteiger charge is 2.20. The van der Waals surface area contributed by atoms with Crippen molar-refractivity contribution in [2.24, 2.45) is 10.9 Å². The number of nitrogens with one attached hydrogen (secondary N) is 2. The molecule has 2 N–H and O–H groups in total. The van der Waals surface area contributed by atoms with Gasteiger partial charge < -0.3 is 20.1 Å². The van der Waals surface area contributed by atoms with Gasteiger partial charge in [-0.05, 0) is 25.2 Å². The van der Waals surface area contributed by atoms with Crippen LogP contribution in [-0.4, -0.2) is 76.1 Å². The molecule has 2 unspecified atom stereocenters. The molecule has 7 heteroatoms. The molecule has 0 saturated carbocycles. The van der Waals surface area contributed by atoms with Crippen molar-refractivity contribution in [3.63, 3.8) is 0 Å². The molecule has 0 aromatic carbocycles. The lowest BCUT2D eigenvalue weighted by atomic mass is 10.0. The molecule has 28 heavy (non-hydrogen) atoms. The van der Waals surface area contributed by atoms with Gasteiger partial charge in [0.1, 0.15) is 0 Å². The molecule has 6 nitrogen and oxygen atoms in total. The first kappa shape index (κ1) is 27.4. The standard InChI is InChI=1S/C21H40N4O2.HI/c1-6-12-25(13-7-2)20(18(3)4)16-24-21(22-5)23-11-9-14-26-17-19-10-8-15-27-19;/h6-7,18-20H,1-2,8-17H2,3-5H3,(H2,22,23,24);1H. The summed E-state index contributed by atoms with van der Waals surface area (Å²) in [5.41, 5.74) is 0. The van der Waals surface area contributed by atoms with Crippen molar-refractivity contribution in [2.45, 2.75) is 45.3 Å². The number of aliphatic imine (C=N–C) groups is 1. The van der Waals surface area contributed by atoms with E-state index >= 15 is 0 Å². The fourth-order valence-corrected chi connectivity index (χ4v) is 3.26. The molecule has 0 amide bonds. The van der Waals surface area contributed by atoms with Gasteiger partial charge in [0.25, 0.3) is 0 Å². The van der Waals surface area contributed by atoms with E-state index < -0.39 is 0 Å². The molecular weight excluding hydrogens is 467 g/mol. The van der Waals surface area contributed by atoms with Crippen LogP contribution < -0.4 is 10.6 Å². The molecule has 1 rings (SSSR count). The van der Waals surface area contributed by atoms with Gasteiger partial charge in [-0.1, -0.05) is 26.0 Å². The summed E-state index contributed by atoms with van der Waals surface area (Å²) >= 11 is 0.